The number of amidine groups is 1. The first-order chi connectivity index (χ1) is 13.0. The van der Waals surface area contributed by atoms with Crippen LogP contribution in [0.4, 0.5) is 4.79 Å². The molecule has 0 radical (unpaired) electrons. The van der Waals surface area contributed by atoms with Gasteiger partial charge in [0.1, 0.15) is 11.9 Å². The van der Waals surface area contributed by atoms with E-state index < -0.39 is 6.03 Å². The van der Waals surface area contributed by atoms with E-state index in [1.165, 1.54) is 11.8 Å². The Kier molecular flexibility index (Phi) is 4.65. The fourth-order valence-corrected chi connectivity index (χ4v) is 4.19. The second-order valence-electron chi connectivity index (χ2n) is 6.56. The van der Waals surface area contributed by atoms with Gasteiger partial charge in [-0.05, 0) is 42.5 Å². The topological polar surface area (TPSA) is 88.2 Å². The van der Waals surface area contributed by atoms with Crippen LogP contribution in [0.2, 0.25) is 0 Å². The third-order valence-electron chi connectivity index (χ3n) is 4.78. The zero-order chi connectivity index (χ0) is 19.0. The van der Waals surface area contributed by atoms with Gasteiger partial charge in [-0.2, -0.15) is 4.99 Å². The van der Waals surface area contributed by atoms with Gasteiger partial charge in [-0.1, -0.05) is 18.2 Å². The summed E-state index contributed by atoms with van der Waals surface area (Å²) in [5.74, 6) is 0.612. The lowest BCUT2D eigenvalue weighted by Gasteiger charge is -2.34. The number of benzene rings is 1. The Morgan fingerprint density at radius 1 is 1.30 bits per heavy atom. The average Bonchev–Trinajstić information content (AvgIpc) is 3.03. The van der Waals surface area contributed by atoms with E-state index in [1.807, 2.05) is 48.2 Å². The summed E-state index contributed by atoms with van der Waals surface area (Å²) in [5.41, 5.74) is 7.26. The molecule has 8 heteroatoms. The quantitative estimate of drug-likeness (QED) is 0.749. The van der Waals surface area contributed by atoms with Gasteiger partial charge in [0.25, 0.3) is 5.91 Å². The lowest BCUT2D eigenvalue weighted by atomic mass is 10.0. The Morgan fingerprint density at radius 3 is 2.78 bits per heavy atom. The zero-order valence-electron chi connectivity index (χ0n) is 14.9. The average molecular weight is 384 g/mol. The molecule has 140 valence electrons. The number of piperazine rings is 1. The molecule has 7 nitrogen and oxygen atoms in total. The summed E-state index contributed by atoms with van der Waals surface area (Å²) in [4.78, 5) is 32.0. The smallest absolute Gasteiger partial charge is 0.314 e. The number of carbonyl (C=O) groups excluding carboxylic acids is 2. The zero-order valence-corrected chi connectivity index (χ0v) is 15.7. The number of para-hydroxylation sites is 1. The molecule has 1 saturated heterocycles. The highest BCUT2D eigenvalue weighted by Gasteiger charge is 2.30. The highest BCUT2D eigenvalue weighted by atomic mass is 32.2. The fraction of sp³-hybridized carbons (Fsp3) is 0.316. The molecular weight excluding hydrogens is 364 g/mol. The monoisotopic (exact) mass is 384 g/mol. The summed E-state index contributed by atoms with van der Waals surface area (Å²) in [7, 11) is 0. The molecule has 0 bridgehead atoms. The van der Waals surface area contributed by atoms with Gasteiger partial charge in [0.2, 0.25) is 0 Å². The number of urea groups is 1. The van der Waals surface area contributed by atoms with Crippen LogP contribution in [-0.2, 0) is 4.79 Å². The third-order valence-corrected chi connectivity index (χ3v) is 5.83. The molecule has 3 aliphatic rings. The van der Waals surface area contributed by atoms with Crippen molar-refractivity contribution in [1.82, 2.24) is 9.80 Å². The number of carbonyl (C=O) groups is 2. The molecule has 1 atom stereocenters. The van der Waals surface area contributed by atoms with Crippen molar-refractivity contribution in [2.75, 3.05) is 26.2 Å². The summed E-state index contributed by atoms with van der Waals surface area (Å²) in [6.07, 6.45) is 3.78. The van der Waals surface area contributed by atoms with Crippen LogP contribution < -0.4 is 10.5 Å². The van der Waals surface area contributed by atoms with Gasteiger partial charge in [0.05, 0.1) is 4.91 Å². The second kappa shape index (κ2) is 7.11. The maximum Gasteiger partial charge on any atom is 0.314 e. The Labute approximate surface area is 161 Å². The number of fused-ring (bicyclic) bond motifs is 1. The molecule has 0 spiro atoms. The molecule has 1 unspecified atom stereocenters. The van der Waals surface area contributed by atoms with Crippen molar-refractivity contribution < 1.29 is 14.3 Å². The summed E-state index contributed by atoms with van der Waals surface area (Å²) < 4.78 is 5.94. The number of primary amides is 1. The van der Waals surface area contributed by atoms with Crippen molar-refractivity contribution in [3.8, 4) is 5.75 Å². The molecule has 0 aromatic heterocycles. The number of nitrogens with two attached hydrogens (primary N) is 1. The molecule has 1 aromatic rings. The second-order valence-corrected chi connectivity index (χ2v) is 7.57. The number of hydrogen-bond acceptors (Lipinski definition) is 5. The highest BCUT2D eigenvalue weighted by Crippen LogP contribution is 2.34. The van der Waals surface area contributed by atoms with Gasteiger partial charge in [0, 0.05) is 31.7 Å². The van der Waals surface area contributed by atoms with Gasteiger partial charge in [-0.25, -0.2) is 4.79 Å². The van der Waals surface area contributed by atoms with Gasteiger partial charge >= 0.3 is 6.03 Å². The predicted octanol–water partition coefficient (Wildman–Crippen LogP) is 2.06. The van der Waals surface area contributed by atoms with Crippen LogP contribution in [0.15, 0.2) is 45.8 Å². The van der Waals surface area contributed by atoms with Crippen molar-refractivity contribution in [2.45, 2.75) is 13.0 Å². The van der Waals surface area contributed by atoms with E-state index in [1.54, 1.807) is 4.90 Å². The van der Waals surface area contributed by atoms with E-state index in [-0.39, 0.29) is 12.0 Å². The molecule has 1 aromatic carbocycles. The normalized spacial score (nSPS) is 23.7. The standard InChI is InChI=1S/C19H20N4O3S/c1-12-14(10-13-4-2-3-5-15(13)26-12)11-16-17(24)21-19(27-16)23-8-6-22(7-9-23)18(20)25/h2-5,10-12H,6-9H2,1H3,(H2,20,25). The van der Waals surface area contributed by atoms with Crippen LogP contribution in [0.5, 0.6) is 5.75 Å². The van der Waals surface area contributed by atoms with Crippen LogP contribution in [0.3, 0.4) is 0 Å². The molecular formula is C19H20N4O3S. The highest BCUT2D eigenvalue weighted by molar-refractivity contribution is 8.18. The van der Waals surface area contributed by atoms with E-state index in [9.17, 15) is 9.59 Å². The van der Waals surface area contributed by atoms with E-state index >= 15 is 0 Å². The number of aliphatic imine (C=N–C) groups is 1. The molecule has 27 heavy (non-hydrogen) atoms. The predicted molar refractivity (Wildman–Crippen MR) is 105 cm³/mol. The van der Waals surface area contributed by atoms with Crippen molar-refractivity contribution in [2.24, 2.45) is 10.7 Å². The SMILES string of the molecule is CC1Oc2ccccc2C=C1C=C1SC(N2CCN(C(N)=O)CC2)=NC1=O. The molecule has 3 aliphatic heterocycles. The first kappa shape index (κ1) is 17.7. The Balaban J connectivity index is 1.48. The molecule has 0 saturated carbocycles. The minimum absolute atomic E-state index is 0.135. The Hall–Kier alpha value is -2.74. The lowest BCUT2D eigenvalue weighted by Crippen LogP contribution is -2.51. The summed E-state index contributed by atoms with van der Waals surface area (Å²) >= 11 is 1.37. The summed E-state index contributed by atoms with van der Waals surface area (Å²) in [6.45, 7) is 4.27. The van der Waals surface area contributed by atoms with Crippen LogP contribution in [0, 0.1) is 0 Å². The minimum atomic E-state index is -0.411. The van der Waals surface area contributed by atoms with E-state index in [2.05, 4.69) is 4.99 Å². The summed E-state index contributed by atoms with van der Waals surface area (Å²) in [5, 5.41) is 0.681. The van der Waals surface area contributed by atoms with E-state index in [0.29, 0.717) is 36.3 Å². The number of thioether (sulfide) groups is 1. The van der Waals surface area contributed by atoms with Gasteiger partial charge < -0.3 is 20.3 Å². The van der Waals surface area contributed by atoms with Crippen LogP contribution in [-0.4, -0.2) is 59.2 Å². The molecule has 3 heterocycles. The summed E-state index contributed by atoms with van der Waals surface area (Å²) in [6, 6.07) is 7.42. The van der Waals surface area contributed by atoms with Gasteiger partial charge in [-0.15, -0.1) is 0 Å². The number of rotatable bonds is 1. The van der Waals surface area contributed by atoms with Crippen molar-refractivity contribution in [3.63, 3.8) is 0 Å². The molecule has 2 N–H and O–H groups in total. The maximum atomic E-state index is 12.4. The van der Waals surface area contributed by atoms with Gasteiger partial charge in [-0.3, -0.25) is 4.79 Å². The van der Waals surface area contributed by atoms with Crippen LogP contribution >= 0.6 is 11.8 Å². The Morgan fingerprint density at radius 2 is 2.04 bits per heavy atom. The fourth-order valence-electron chi connectivity index (χ4n) is 3.22. The maximum absolute atomic E-state index is 12.4. The molecule has 1 fully saturated rings. The van der Waals surface area contributed by atoms with Crippen LogP contribution in [0.25, 0.3) is 6.08 Å². The van der Waals surface area contributed by atoms with E-state index in [0.717, 1.165) is 16.9 Å². The largest absolute Gasteiger partial charge is 0.485 e. The number of hydrogen-bond donors (Lipinski definition) is 1. The van der Waals surface area contributed by atoms with Crippen LogP contribution in [0.1, 0.15) is 12.5 Å². The lowest BCUT2D eigenvalue weighted by molar-refractivity contribution is -0.113. The van der Waals surface area contributed by atoms with Crippen molar-refractivity contribution in [3.05, 3.63) is 46.4 Å². The van der Waals surface area contributed by atoms with Gasteiger partial charge in [0.15, 0.2) is 5.17 Å². The molecule has 4 rings (SSSR count). The Bertz CT molecular complexity index is 885. The van der Waals surface area contributed by atoms with Crippen molar-refractivity contribution >= 4 is 34.9 Å². The molecule has 3 amide bonds. The van der Waals surface area contributed by atoms with Crippen molar-refractivity contribution in [1.29, 1.82) is 0 Å². The minimum Gasteiger partial charge on any atom is -0.485 e. The third kappa shape index (κ3) is 3.57. The first-order valence-electron chi connectivity index (χ1n) is 8.80. The first-order valence-corrected chi connectivity index (χ1v) is 9.62. The number of amides is 3. The van der Waals surface area contributed by atoms with E-state index in [4.69, 9.17) is 10.5 Å². The number of nitrogens with zero attached hydrogens (tertiary/aromatic N) is 3. The number of ether oxygens (including phenoxy) is 1. The molecule has 0 aliphatic carbocycles.